The van der Waals surface area contributed by atoms with Crippen molar-refractivity contribution >= 4 is 50.7 Å². The first-order valence-corrected chi connectivity index (χ1v) is 15.9. The average molecular weight is 610 g/mol. The Bertz CT molecular complexity index is 1380. The molecule has 218 valence electrons. The Labute approximate surface area is 247 Å². The first-order chi connectivity index (χ1) is 18.6. The van der Waals surface area contributed by atoms with Crippen LogP contribution < -0.4 is 0 Å². The van der Waals surface area contributed by atoms with Crippen LogP contribution in [-0.2, 0) is 24.1 Å². The number of rotatable bonds is 9. The largest absolute Gasteiger partial charge is 0.481 e. The minimum absolute atomic E-state index is 0.0246. The number of carbonyl (C=O) groups is 3. The summed E-state index contributed by atoms with van der Waals surface area (Å²) in [4.78, 5) is 40.3. The summed E-state index contributed by atoms with van der Waals surface area (Å²) in [5, 5.41) is 10.5. The van der Waals surface area contributed by atoms with Crippen LogP contribution in [0.5, 0.6) is 0 Å². The fourth-order valence-electron chi connectivity index (χ4n) is 5.64. The van der Waals surface area contributed by atoms with Crippen molar-refractivity contribution in [2.75, 3.05) is 5.75 Å². The van der Waals surface area contributed by atoms with Gasteiger partial charge in [-0.05, 0) is 47.7 Å². The van der Waals surface area contributed by atoms with Gasteiger partial charge in [0.15, 0.2) is 0 Å². The summed E-state index contributed by atoms with van der Waals surface area (Å²) in [6, 6.07) is 13.5. The number of benzene rings is 2. The van der Waals surface area contributed by atoms with Crippen molar-refractivity contribution in [1.29, 1.82) is 0 Å². The second kappa shape index (κ2) is 12.6. The zero-order chi connectivity index (χ0) is 30.0. The van der Waals surface area contributed by atoms with Crippen LogP contribution in [0, 0.1) is 11.3 Å². The third kappa shape index (κ3) is 7.07. The molecule has 2 aromatic rings. The van der Waals surface area contributed by atoms with Crippen LogP contribution in [0.25, 0.3) is 0 Å². The Morgan fingerprint density at radius 3 is 2.20 bits per heavy atom. The normalized spacial score (nSPS) is 23.6. The highest BCUT2D eigenvalue weighted by molar-refractivity contribution is 7.94. The summed E-state index contributed by atoms with van der Waals surface area (Å²) in [7, 11) is -3.06. The maximum Gasteiger partial charge on any atom is 0.304 e. The van der Waals surface area contributed by atoms with Crippen molar-refractivity contribution in [2.45, 2.75) is 77.6 Å². The molecule has 1 fully saturated rings. The van der Waals surface area contributed by atoms with Crippen molar-refractivity contribution in [1.82, 2.24) is 4.90 Å². The molecular weight excluding hydrogens is 571 g/mol. The summed E-state index contributed by atoms with van der Waals surface area (Å²) in [6.45, 7) is 10.3. The molecule has 0 radical (unpaired) electrons. The van der Waals surface area contributed by atoms with Crippen LogP contribution >= 0.6 is 23.2 Å². The third-order valence-corrected chi connectivity index (χ3v) is 11.0. The van der Waals surface area contributed by atoms with Gasteiger partial charge in [0.1, 0.15) is 0 Å². The lowest BCUT2D eigenvalue weighted by Crippen LogP contribution is -2.59. The zero-order valence-corrected chi connectivity index (χ0v) is 26.1. The molecule has 0 bridgehead atoms. The van der Waals surface area contributed by atoms with Gasteiger partial charge in [0, 0.05) is 34.2 Å². The van der Waals surface area contributed by atoms with Gasteiger partial charge in [-0.3, -0.25) is 14.4 Å². The van der Waals surface area contributed by atoms with Gasteiger partial charge in [0.05, 0.1) is 33.4 Å². The van der Waals surface area contributed by atoms with Gasteiger partial charge in [-0.1, -0.05) is 82.1 Å². The molecule has 40 heavy (non-hydrogen) atoms. The van der Waals surface area contributed by atoms with Gasteiger partial charge in [-0.15, -0.1) is 0 Å². The van der Waals surface area contributed by atoms with E-state index >= 15 is 0 Å². The van der Waals surface area contributed by atoms with Crippen molar-refractivity contribution in [3.8, 4) is 0 Å². The number of piperidine rings is 1. The topological polar surface area (TPSA) is 104 Å². The lowest BCUT2D eigenvalue weighted by molar-refractivity contribution is -0.161. The van der Waals surface area contributed by atoms with Crippen LogP contribution in [0.2, 0.25) is 10.0 Å². The summed E-state index contributed by atoms with van der Waals surface area (Å²) in [5.41, 5.74) is 0.429. The lowest BCUT2D eigenvalue weighted by Gasteiger charge is -2.53. The highest BCUT2D eigenvalue weighted by Crippen LogP contribution is 2.52. The smallest absolute Gasteiger partial charge is 0.304 e. The molecule has 1 aliphatic heterocycles. The van der Waals surface area contributed by atoms with Gasteiger partial charge < -0.3 is 10.0 Å². The molecule has 2 aromatic carbocycles. The van der Waals surface area contributed by atoms with Gasteiger partial charge in [-0.25, -0.2) is 4.21 Å². The molecule has 1 heterocycles. The highest BCUT2D eigenvalue weighted by atomic mass is 35.5. The van der Waals surface area contributed by atoms with E-state index in [1.54, 1.807) is 43.9 Å². The molecule has 1 aliphatic rings. The Morgan fingerprint density at radius 1 is 1.07 bits per heavy atom. The van der Waals surface area contributed by atoms with Crippen LogP contribution in [0.1, 0.15) is 77.5 Å². The fraction of sp³-hybridized carbons (Fsp3) is 0.500. The standard InChI is InChI=1S/C30H38Cl2N2O5S/c1-18(2)26(17-40(39,19(3)4)33-20(5)35)34-28(21-10-12-23(31)13-11-21)25(22-8-7-9-24(32)14-22)15-30(6,29(34)38)16-27(36)37/h7-14,18-19,25-26,28H,15-17H2,1-6H3,(H,36,37)/t25-,26-,28-,30-,40-/m1/s1. The molecular formula is C30H38Cl2N2O5S. The van der Waals surface area contributed by atoms with Crippen LogP contribution in [0.3, 0.4) is 0 Å². The van der Waals surface area contributed by atoms with E-state index in [0.29, 0.717) is 10.0 Å². The quantitative estimate of drug-likeness (QED) is 0.330. The van der Waals surface area contributed by atoms with Crippen molar-refractivity contribution in [2.24, 2.45) is 15.7 Å². The van der Waals surface area contributed by atoms with E-state index < -0.39 is 44.4 Å². The maximum absolute atomic E-state index is 14.5. The molecule has 2 amide bonds. The summed E-state index contributed by atoms with van der Waals surface area (Å²) in [6.07, 6.45) is -0.0978. The predicted octanol–water partition coefficient (Wildman–Crippen LogP) is 6.98. The average Bonchev–Trinajstić information content (AvgIpc) is 2.84. The minimum atomic E-state index is -3.06. The molecule has 1 saturated heterocycles. The molecule has 0 spiro atoms. The van der Waals surface area contributed by atoms with E-state index in [9.17, 15) is 23.7 Å². The van der Waals surface area contributed by atoms with E-state index in [0.717, 1.165) is 11.1 Å². The monoisotopic (exact) mass is 608 g/mol. The second-order valence-corrected chi connectivity index (χ2v) is 15.2. The zero-order valence-electron chi connectivity index (χ0n) is 23.8. The van der Waals surface area contributed by atoms with Crippen molar-refractivity contribution in [3.63, 3.8) is 0 Å². The first-order valence-electron chi connectivity index (χ1n) is 13.4. The summed E-state index contributed by atoms with van der Waals surface area (Å²) in [5.74, 6) is -2.49. The van der Waals surface area contributed by atoms with E-state index in [2.05, 4.69) is 4.36 Å². The van der Waals surface area contributed by atoms with Gasteiger partial charge in [0.2, 0.25) is 5.91 Å². The molecule has 0 unspecified atom stereocenters. The molecule has 5 atom stereocenters. The van der Waals surface area contributed by atoms with E-state index in [1.165, 1.54) is 6.92 Å². The second-order valence-electron chi connectivity index (χ2n) is 11.5. The minimum Gasteiger partial charge on any atom is -0.481 e. The predicted molar refractivity (Wildman–Crippen MR) is 160 cm³/mol. The SMILES string of the molecule is CC(=O)N=[S@@](=O)(C[C@H](C(C)C)N1C(=O)[C@@](C)(CC(=O)O)C[C@H](c2cccc(Cl)c2)[C@H]1c1ccc(Cl)cc1)C(C)C. The van der Waals surface area contributed by atoms with Crippen LogP contribution in [-0.4, -0.2) is 49.0 Å². The third-order valence-electron chi connectivity index (χ3n) is 7.69. The number of carboxylic acids is 1. The Morgan fingerprint density at radius 2 is 1.70 bits per heavy atom. The van der Waals surface area contributed by atoms with E-state index in [1.807, 2.05) is 44.2 Å². The molecule has 1 N–H and O–H groups in total. The van der Waals surface area contributed by atoms with E-state index in [-0.39, 0.29) is 36.3 Å². The number of nitrogens with zero attached hydrogens (tertiary/aromatic N) is 2. The Kier molecular flexibility index (Phi) is 10.1. The summed E-state index contributed by atoms with van der Waals surface area (Å²) >= 11 is 12.6. The molecule has 0 aliphatic carbocycles. The number of carbonyl (C=O) groups excluding carboxylic acids is 2. The van der Waals surface area contributed by atoms with Gasteiger partial charge >= 0.3 is 5.97 Å². The molecule has 0 aromatic heterocycles. The number of amides is 2. The Hall–Kier alpha value is -2.42. The number of likely N-dealkylation sites (tertiary alicyclic amines) is 1. The summed E-state index contributed by atoms with van der Waals surface area (Å²) < 4.78 is 18.2. The van der Waals surface area contributed by atoms with Crippen molar-refractivity contribution in [3.05, 3.63) is 69.7 Å². The lowest BCUT2D eigenvalue weighted by atomic mass is 9.66. The number of carboxylic acid groups (broad SMARTS) is 1. The number of hydrogen-bond donors (Lipinski definition) is 1. The van der Waals surface area contributed by atoms with Crippen LogP contribution in [0.15, 0.2) is 52.9 Å². The van der Waals surface area contributed by atoms with Crippen LogP contribution in [0.4, 0.5) is 0 Å². The molecule has 10 heteroatoms. The highest BCUT2D eigenvalue weighted by Gasteiger charge is 2.53. The number of hydrogen-bond acceptors (Lipinski definition) is 4. The first kappa shape index (κ1) is 32.1. The van der Waals surface area contributed by atoms with E-state index in [4.69, 9.17) is 23.2 Å². The number of halogens is 2. The van der Waals surface area contributed by atoms with Gasteiger partial charge in [-0.2, -0.15) is 4.36 Å². The van der Waals surface area contributed by atoms with Gasteiger partial charge in [0.25, 0.3) is 5.91 Å². The Balaban J connectivity index is 2.34. The van der Waals surface area contributed by atoms with Crippen molar-refractivity contribution < 1.29 is 23.7 Å². The molecule has 3 rings (SSSR count). The molecule has 0 saturated carbocycles. The maximum atomic E-state index is 14.5. The number of aliphatic carboxylic acids is 1. The molecule has 7 nitrogen and oxygen atoms in total. The fourth-order valence-corrected chi connectivity index (χ4v) is 8.10.